The Labute approximate surface area is 205 Å². The lowest BCUT2D eigenvalue weighted by atomic mass is 9.89. The van der Waals surface area contributed by atoms with Gasteiger partial charge in [-0.15, -0.1) is 0 Å². The Hall–Kier alpha value is -3.23. The zero-order valence-corrected chi connectivity index (χ0v) is 20.0. The quantitative estimate of drug-likeness (QED) is 0.482. The molecule has 184 valence electrons. The highest BCUT2D eigenvalue weighted by atomic mass is 16.7. The van der Waals surface area contributed by atoms with E-state index < -0.39 is 30.2 Å². The number of carbonyl (C=O) groups excluding carboxylic acids is 1. The van der Waals surface area contributed by atoms with Gasteiger partial charge >= 0.3 is 0 Å². The third-order valence-corrected chi connectivity index (χ3v) is 6.17. The lowest BCUT2D eigenvalue weighted by Crippen LogP contribution is -2.63. The Balaban J connectivity index is 1.61. The molecule has 1 aliphatic heterocycles. The lowest BCUT2D eigenvalue weighted by molar-refractivity contribution is -0.305. The summed E-state index contributed by atoms with van der Waals surface area (Å²) in [7, 11) is 1.45. The molecule has 1 saturated heterocycles. The zero-order chi connectivity index (χ0) is 25.0. The summed E-state index contributed by atoms with van der Waals surface area (Å²) >= 11 is 0. The first kappa shape index (κ1) is 24.9. The van der Waals surface area contributed by atoms with Crippen molar-refractivity contribution >= 4 is 5.91 Å². The lowest BCUT2D eigenvalue weighted by Gasteiger charge is -2.46. The molecule has 0 bridgehead atoms. The molecule has 7 heteroatoms. The summed E-state index contributed by atoms with van der Waals surface area (Å²) in [5.74, 6) is 0.0699. The number of rotatable bonds is 7. The van der Waals surface area contributed by atoms with Crippen molar-refractivity contribution in [1.82, 2.24) is 5.32 Å². The number of ether oxygens (including phenoxy) is 3. The first-order valence-electron chi connectivity index (χ1n) is 11.5. The molecule has 1 fully saturated rings. The number of carbonyl (C=O) groups is 1. The van der Waals surface area contributed by atoms with Crippen molar-refractivity contribution in [3.8, 4) is 16.9 Å². The number of aliphatic hydroxyl groups is 2. The van der Waals surface area contributed by atoms with Gasteiger partial charge in [0.25, 0.3) is 5.91 Å². The second-order valence-electron chi connectivity index (χ2n) is 9.09. The van der Waals surface area contributed by atoms with Crippen LogP contribution in [0, 0.1) is 0 Å². The third kappa shape index (κ3) is 5.55. The Bertz CT molecular complexity index is 1130. The highest BCUT2D eigenvalue weighted by molar-refractivity contribution is 6.01. The minimum Gasteiger partial charge on any atom is -0.462 e. The molecule has 35 heavy (non-hydrogen) atoms. The topological polar surface area (TPSA) is 97.3 Å². The van der Waals surface area contributed by atoms with Gasteiger partial charge in [0.15, 0.2) is 0 Å². The monoisotopic (exact) mass is 477 g/mol. The highest BCUT2D eigenvalue weighted by Gasteiger charge is 2.50. The van der Waals surface area contributed by atoms with Crippen LogP contribution in [0.2, 0.25) is 0 Å². The van der Waals surface area contributed by atoms with Crippen LogP contribution >= 0.6 is 0 Å². The summed E-state index contributed by atoms with van der Waals surface area (Å²) in [6.07, 6.45) is -4.41. The van der Waals surface area contributed by atoms with Crippen LogP contribution in [0.4, 0.5) is 0 Å². The molecule has 4 rings (SSSR count). The molecule has 3 aromatic carbocycles. The second kappa shape index (κ2) is 10.6. The van der Waals surface area contributed by atoms with Gasteiger partial charge in [-0.25, -0.2) is 0 Å². The highest BCUT2D eigenvalue weighted by Crippen LogP contribution is 2.34. The van der Waals surface area contributed by atoms with E-state index in [1.54, 1.807) is 32.0 Å². The van der Waals surface area contributed by atoms with E-state index in [-0.39, 0.29) is 5.91 Å². The van der Waals surface area contributed by atoms with Gasteiger partial charge in [0, 0.05) is 13.7 Å². The number of benzene rings is 3. The maximum absolute atomic E-state index is 13.3. The minimum atomic E-state index is -1.34. The van der Waals surface area contributed by atoms with Crippen LogP contribution in [0.15, 0.2) is 78.9 Å². The molecule has 4 atom stereocenters. The van der Waals surface area contributed by atoms with Gasteiger partial charge in [0.05, 0.1) is 11.2 Å². The molecule has 0 unspecified atom stereocenters. The van der Waals surface area contributed by atoms with Gasteiger partial charge in [-0.1, -0.05) is 60.7 Å². The van der Waals surface area contributed by atoms with Gasteiger partial charge in [0.1, 0.15) is 24.1 Å². The predicted octanol–water partition coefficient (Wildman–Crippen LogP) is 3.53. The van der Waals surface area contributed by atoms with Gasteiger partial charge < -0.3 is 29.7 Å². The molecule has 0 radical (unpaired) electrons. The molecule has 3 N–H and O–H groups in total. The number of aliphatic hydroxyl groups excluding tert-OH is 2. The average molecular weight is 478 g/mol. The summed E-state index contributed by atoms with van der Waals surface area (Å²) in [5, 5.41) is 24.1. The predicted molar refractivity (Wildman–Crippen MR) is 132 cm³/mol. The number of methoxy groups -OCH3 is 1. The zero-order valence-electron chi connectivity index (χ0n) is 20.0. The fraction of sp³-hybridized carbons (Fsp3) is 0.321. The van der Waals surface area contributed by atoms with E-state index in [0.717, 1.165) is 16.7 Å². The summed E-state index contributed by atoms with van der Waals surface area (Å²) < 4.78 is 17.2. The molecular formula is C28H31NO6. The normalized spacial score (nSPS) is 23.5. The van der Waals surface area contributed by atoms with E-state index in [9.17, 15) is 15.0 Å². The van der Waals surface area contributed by atoms with Crippen molar-refractivity contribution in [1.29, 1.82) is 0 Å². The van der Waals surface area contributed by atoms with Crippen molar-refractivity contribution in [3.05, 3.63) is 90.0 Å². The van der Waals surface area contributed by atoms with E-state index >= 15 is 0 Å². The van der Waals surface area contributed by atoms with E-state index in [4.69, 9.17) is 14.2 Å². The smallest absolute Gasteiger partial charge is 0.252 e. The van der Waals surface area contributed by atoms with Crippen LogP contribution in [-0.2, 0) is 16.0 Å². The summed E-state index contributed by atoms with van der Waals surface area (Å²) in [6.45, 7) is 3.89. The molecule has 7 nitrogen and oxygen atoms in total. The number of amides is 1. The minimum absolute atomic E-state index is 0.261. The Morgan fingerprint density at radius 2 is 1.63 bits per heavy atom. The molecule has 1 amide bonds. The molecule has 0 saturated carbocycles. The van der Waals surface area contributed by atoms with Gasteiger partial charge in [-0.2, -0.15) is 0 Å². The first-order valence-corrected chi connectivity index (χ1v) is 11.5. The number of hydrogen-bond donors (Lipinski definition) is 3. The molecule has 0 spiro atoms. The van der Waals surface area contributed by atoms with E-state index in [1.807, 2.05) is 60.7 Å². The van der Waals surface area contributed by atoms with Crippen molar-refractivity contribution in [2.75, 3.05) is 7.11 Å². The SMILES string of the molecule is CO[C@H]1[C@@H](O)[C@@H](O)[C@@H](Oc2ccc(-c3ccccc3)c(C(=O)NCc3ccccc3)c2)OC1(C)C. The van der Waals surface area contributed by atoms with Gasteiger partial charge in [-0.3, -0.25) is 4.79 Å². The molecule has 1 heterocycles. The van der Waals surface area contributed by atoms with E-state index in [2.05, 4.69) is 5.32 Å². The van der Waals surface area contributed by atoms with Crippen LogP contribution in [0.3, 0.4) is 0 Å². The molecular weight excluding hydrogens is 446 g/mol. The van der Waals surface area contributed by atoms with Crippen LogP contribution in [0.5, 0.6) is 5.75 Å². The number of hydrogen-bond acceptors (Lipinski definition) is 6. The summed E-state index contributed by atoms with van der Waals surface area (Å²) in [5.41, 5.74) is 2.13. The van der Waals surface area contributed by atoms with E-state index in [1.165, 1.54) is 7.11 Å². The third-order valence-electron chi connectivity index (χ3n) is 6.17. The van der Waals surface area contributed by atoms with Gasteiger partial charge in [0.2, 0.25) is 6.29 Å². The first-order chi connectivity index (χ1) is 16.8. The molecule has 3 aromatic rings. The van der Waals surface area contributed by atoms with Crippen molar-refractivity contribution in [2.45, 2.75) is 50.6 Å². The molecule has 0 aromatic heterocycles. The maximum Gasteiger partial charge on any atom is 0.252 e. The Morgan fingerprint density at radius 1 is 0.971 bits per heavy atom. The second-order valence-corrected chi connectivity index (χ2v) is 9.09. The van der Waals surface area contributed by atoms with Crippen molar-refractivity contribution in [2.24, 2.45) is 0 Å². The molecule has 0 aliphatic carbocycles. The molecule has 1 aliphatic rings. The standard InChI is InChI=1S/C28H31NO6/c1-28(2)25(33-3)23(30)24(31)27(35-28)34-20-14-15-21(19-12-8-5-9-13-19)22(16-20)26(32)29-17-18-10-6-4-7-11-18/h4-16,23-25,27,30-31H,17H2,1-3H3,(H,29,32)/t23-,24+,25-,27-/m0/s1. The average Bonchev–Trinajstić information content (AvgIpc) is 2.87. The van der Waals surface area contributed by atoms with Crippen molar-refractivity contribution < 1.29 is 29.2 Å². The Kier molecular flexibility index (Phi) is 7.52. The maximum atomic E-state index is 13.3. The van der Waals surface area contributed by atoms with Crippen LogP contribution in [0.1, 0.15) is 29.8 Å². The van der Waals surface area contributed by atoms with Gasteiger partial charge in [-0.05, 0) is 48.7 Å². The largest absolute Gasteiger partial charge is 0.462 e. The van der Waals surface area contributed by atoms with Crippen LogP contribution in [0.25, 0.3) is 11.1 Å². The fourth-order valence-corrected chi connectivity index (χ4v) is 4.37. The van der Waals surface area contributed by atoms with Crippen LogP contribution in [-0.4, -0.2) is 53.4 Å². The fourth-order valence-electron chi connectivity index (χ4n) is 4.37. The summed E-state index contributed by atoms with van der Waals surface area (Å²) in [4.78, 5) is 13.3. The van der Waals surface area contributed by atoms with Crippen LogP contribution < -0.4 is 10.1 Å². The summed E-state index contributed by atoms with van der Waals surface area (Å²) in [6, 6.07) is 24.4. The Morgan fingerprint density at radius 3 is 2.29 bits per heavy atom. The van der Waals surface area contributed by atoms with E-state index in [0.29, 0.717) is 17.9 Å². The number of nitrogens with one attached hydrogen (secondary N) is 1. The van der Waals surface area contributed by atoms with Crippen molar-refractivity contribution in [3.63, 3.8) is 0 Å².